The summed E-state index contributed by atoms with van der Waals surface area (Å²) in [5, 5.41) is 1.44. The van der Waals surface area contributed by atoms with Crippen molar-refractivity contribution in [1.29, 1.82) is 0 Å². The zero-order valence-corrected chi connectivity index (χ0v) is 22.9. The topological polar surface area (TPSA) is 43.7 Å². The van der Waals surface area contributed by atoms with Crippen LogP contribution in [0.1, 0.15) is 76.5 Å². The minimum absolute atomic E-state index is 0. The summed E-state index contributed by atoms with van der Waals surface area (Å²) in [6.45, 7) is 12.1. The highest BCUT2D eigenvalue weighted by Crippen LogP contribution is 2.46. The predicted octanol–water partition coefficient (Wildman–Crippen LogP) is 5.90. The average molecular weight is 534 g/mol. The van der Waals surface area contributed by atoms with Crippen LogP contribution in [0.4, 0.5) is 0 Å². The third-order valence-corrected chi connectivity index (χ3v) is 8.21. The van der Waals surface area contributed by atoms with Crippen LogP contribution in [0.15, 0.2) is 24.4 Å². The van der Waals surface area contributed by atoms with Gasteiger partial charge in [-0.25, -0.2) is 0 Å². The predicted molar refractivity (Wildman–Crippen MR) is 142 cm³/mol. The Morgan fingerprint density at radius 1 is 1.26 bits per heavy atom. The van der Waals surface area contributed by atoms with Crippen LogP contribution in [0.3, 0.4) is 0 Å². The Hall–Kier alpha value is -1.37. The molecule has 3 aliphatic rings. The van der Waals surface area contributed by atoms with E-state index in [-0.39, 0.29) is 40.9 Å². The lowest BCUT2D eigenvalue weighted by molar-refractivity contribution is -0.154. The molecule has 2 fully saturated rings. The van der Waals surface area contributed by atoms with E-state index in [2.05, 4.69) is 61.6 Å². The number of hydrogen-bond acceptors (Lipinski definition) is 4. The molecule has 0 N–H and O–H groups in total. The van der Waals surface area contributed by atoms with Crippen LogP contribution in [0.2, 0.25) is 0 Å². The molecule has 1 aliphatic carbocycles. The number of ether oxygens (including phenoxy) is 2. The maximum atomic E-state index is 13.2. The Morgan fingerprint density at radius 2 is 2.09 bits per heavy atom. The Balaban J connectivity index is 0.00000274. The van der Waals surface area contributed by atoms with Crippen LogP contribution in [0, 0.1) is 11.8 Å². The van der Waals surface area contributed by atoms with E-state index < -0.39 is 0 Å². The number of fused-ring (bicyclic) bond motifs is 2. The third kappa shape index (κ3) is 4.70. The molecule has 0 spiro atoms. The number of esters is 1. The maximum Gasteiger partial charge on any atom is 0.310 e. The number of aromatic nitrogens is 1. The summed E-state index contributed by atoms with van der Waals surface area (Å²) in [5.74, 6) is 0.578. The second-order valence-electron chi connectivity index (χ2n) is 10.9. The van der Waals surface area contributed by atoms with Crippen molar-refractivity contribution < 1.29 is 14.3 Å². The molecule has 2 saturated heterocycles. The van der Waals surface area contributed by atoms with Crippen molar-refractivity contribution >= 4 is 33.9 Å². The van der Waals surface area contributed by atoms with Crippen molar-refractivity contribution in [3.8, 4) is 0 Å². The summed E-state index contributed by atoms with van der Waals surface area (Å²) in [6.07, 6.45) is 7.89. The molecule has 2 aliphatic heterocycles. The molecule has 34 heavy (non-hydrogen) atoms. The Bertz CT molecular complexity index is 997. The molecule has 188 valence electrons. The van der Waals surface area contributed by atoms with Gasteiger partial charge in [0.2, 0.25) is 0 Å². The van der Waals surface area contributed by atoms with Crippen molar-refractivity contribution in [3.63, 3.8) is 0 Å². The first kappa shape index (κ1) is 25.7. The van der Waals surface area contributed by atoms with Gasteiger partial charge in [-0.05, 0) is 69.7 Å². The zero-order valence-electron chi connectivity index (χ0n) is 21.2. The smallest absolute Gasteiger partial charge is 0.310 e. The van der Waals surface area contributed by atoms with E-state index in [1.807, 2.05) is 0 Å². The van der Waals surface area contributed by atoms with Gasteiger partial charge in [0, 0.05) is 54.2 Å². The number of carbonyl (C=O) groups excluding carboxylic acids is 1. The number of halogens is 1. The molecule has 1 aromatic carbocycles. The second kappa shape index (κ2) is 10.7. The highest BCUT2D eigenvalue weighted by Gasteiger charge is 2.43. The fourth-order valence-corrected chi connectivity index (χ4v) is 6.56. The van der Waals surface area contributed by atoms with E-state index in [4.69, 9.17) is 9.47 Å². The fraction of sp³-hybridized carbons (Fsp3) is 0.679. The van der Waals surface area contributed by atoms with Crippen molar-refractivity contribution in [1.82, 2.24) is 9.47 Å². The van der Waals surface area contributed by atoms with E-state index in [9.17, 15) is 4.79 Å². The normalized spacial score (nSPS) is 27.4. The van der Waals surface area contributed by atoms with Crippen molar-refractivity contribution in [2.45, 2.75) is 83.9 Å². The summed E-state index contributed by atoms with van der Waals surface area (Å²) >= 11 is 0. The van der Waals surface area contributed by atoms with Crippen LogP contribution in [0.25, 0.3) is 10.9 Å². The summed E-state index contributed by atoms with van der Waals surface area (Å²) < 4.78 is 14.1. The largest absolute Gasteiger partial charge is 0.465 e. The number of piperidine rings is 1. The van der Waals surface area contributed by atoms with Crippen LogP contribution < -0.4 is 0 Å². The van der Waals surface area contributed by atoms with Crippen molar-refractivity contribution in [2.24, 2.45) is 11.8 Å². The molecule has 5 nitrogen and oxygen atoms in total. The van der Waals surface area contributed by atoms with Gasteiger partial charge < -0.3 is 14.0 Å². The van der Waals surface area contributed by atoms with Gasteiger partial charge in [-0.1, -0.05) is 26.0 Å². The first-order valence-electron chi connectivity index (χ1n) is 13.1. The summed E-state index contributed by atoms with van der Waals surface area (Å²) in [4.78, 5) is 15.8. The molecule has 5 atom stereocenters. The first-order chi connectivity index (χ1) is 16.0. The quantitative estimate of drug-likeness (QED) is 0.416. The molecule has 3 unspecified atom stereocenters. The fourth-order valence-electron chi connectivity index (χ4n) is 6.56. The van der Waals surface area contributed by atoms with E-state index in [0.29, 0.717) is 24.6 Å². The summed E-state index contributed by atoms with van der Waals surface area (Å²) in [7, 11) is 0. The van der Waals surface area contributed by atoms with Gasteiger partial charge in [-0.3, -0.25) is 9.69 Å². The van der Waals surface area contributed by atoms with Crippen LogP contribution in [-0.2, 0) is 20.7 Å². The van der Waals surface area contributed by atoms with Crippen LogP contribution in [0.5, 0.6) is 0 Å². The van der Waals surface area contributed by atoms with Crippen LogP contribution in [-0.4, -0.2) is 53.9 Å². The number of likely N-dealkylation sites (tertiary alicyclic amines) is 1. The lowest BCUT2D eigenvalue weighted by atomic mass is 9.72. The van der Waals surface area contributed by atoms with Crippen molar-refractivity contribution in [2.75, 3.05) is 26.3 Å². The number of nitrogens with zero attached hydrogens (tertiary/aromatic N) is 2. The third-order valence-electron chi connectivity index (χ3n) is 8.21. The molecule has 0 saturated carbocycles. The minimum Gasteiger partial charge on any atom is -0.465 e. The van der Waals surface area contributed by atoms with Gasteiger partial charge in [-0.15, -0.1) is 17.0 Å². The molecule has 0 amide bonds. The van der Waals surface area contributed by atoms with E-state index in [0.717, 1.165) is 51.8 Å². The second-order valence-corrected chi connectivity index (χ2v) is 10.9. The maximum absolute atomic E-state index is 13.2. The van der Waals surface area contributed by atoms with E-state index in [1.165, 1.54) is 22.0 Å². The van der Waals surface area contributed by atoms with Gasteiger partial charge in [-0.2, -0.15) is 0 Å². The standard InChI is InChI=1S/C28H40N2O3.BrH/c1-5-11-29-15-21(28(31)33-17-19(4)26-10-7-12-32-26)13-23-22-8-6-9-24-27(22)20(14-25(23)29)16-30(24)18(2)3;/h6,8-9,16,18-19,21,23,25-26H,5,7,10-15,17H2,1-4H3;1H/t19?,21?,23-,25-,26?;/m1./s1. The molecule has 6 heteroatoms. The highest BCUT2D eigenvalue weighted by atomic mass is 79.9. The first-order valence-corrected chi connectivity index (χ1v) is 13.1. The highest BCUT2D eigenvalue weighted by molar-refractivity contribution is 8.93. The van der Waals surface area contributed by atoms with Crippen LogP contribution >= 0.6 is 17.0 Å². The molecular formula is C28H41BrN2O3. The molecule has 5 rings (SSSR count). The number of rotatable bonds is 7. The van der Waals surface area contributed by atoms with Crippen molar-refractivity contribution in [3.05, 3.63) is 35.5 Å². The lowest BCUT2D eigenvalue weighted by Gasteiger charge is -2.46. The Kier molecular flexibility index (Phi) is 8.10. The molecule has 0 radical (unpaired) electrons. The Morgan fingerprint density at radius 3 is 2.79 bits per heavy atom. The average Bonchev–Trinajstić information content (AvgIpc) is 3.47. The number of carbonyl (C=O) groups is 1. The summed E-state index contributed by atoms with van der Waals surface area (Å²) in [6, 6.07) is 7.69. The molecule has 3 heterocycles. The van der Waals surface area contributed by atoms with Gasteiger partial charge in [0.05, 0.1) is 18.6 Å². The monoisotopic (exact) mass is 532 g/mol. The van der Waals surface area contributed by atoms with E-state index in [1.54, 1.807) is 0 Å². The van der Waals surface area contributed by atoms with Gasteiger partial charge >= 0.3 is 5.97 Å². The Labute approximate surface area is 214 Å². The van der Waals surface area contributed by atoms with Gasteiger partial charge in [0.1, 0.15) is 0 Å². The van der Waals surface area contributed by atoms with Gasteiger partial charge in [0.25, 0.3) is 0 Å². The molecule has 0 bridgehead atoms. The lowest BCUT2D eigenvalue weighted by Crippen LogP contribution is -2.52. The molecule has 2 aromatic rings. The zero-order chi connectivity index (χ0) is 23.1. The van der Waals surface area contributed by atoms with E-state index >= 15 is 0 Å². The molecular weight excluding hydrogens is 492 g/mol. The number of benzene rings is 1. The minimum atomic E-state index is -0.0570. The summed E-state index contributed by atoms with van der Waals surface area (Å²) in [5.41, 5.74) is 4.25. The molecule has 1 aromatic heterocycles. The number of hydrogen-bond donors (Lipinski definition) is 0. The van der Waals surface area contributed by atoms with Gasteiger partial charge in [0.15, 0.2) is 0 Å². The SMILES string of the molecule is Br.CCCN1CC(C(=O)OCC(C)C2CCCO2)C[C@@H]2c3cccc4c3c(cn4C(C)C)C[C@H]21.